The Hall–Kier alpha value is -0.530. The van der Waals surface area contributed by atoms with Gasteiger partial charge in [0.25, 0.3) is 0 Å². The van der Waals surface area contributed by atoms with Gasteiger partial charge in [0.1, 0.15) is 24.4 Å². The molecule has 6 nitrogen and oxygen atoms in total. The standard InChI is InChI=1S/C6H12O6/c7-1-3(9)5(11)6(12)4(10)2-8/h1,3-6,8-12H,2H2/t3-,4+,5+,6+/m0/s1/i4+1,6+1. The molecule has 0 saturated heterocycles. The number of aldehydes is 1. The SMILES string of the molecule is O=C[C@H](O)[C@@H](O)[13C@H](O)[13C@H](O)CO. The van der Waals surface area contributed by atoms with E-state index in [-0.39, 0.29) is 6.29 Å². The Morgan fingerprint density at radius 3 is 1.92 bits per heavy atom. The fourth-order valence-corrected chi connectivity index (χ4v) is 0.618. The van der Waals surface area contributed by atoms with Crippen molar-refractivity contribution in [1.29, 1.82) is 0 Å². The van der Waals surface area contributed by atoms with E-state index in [2.05, 4.69) is 0 Å². The van der Waals surface area contributed by atoms with Crippen molar-refractivity contribution in [2.24, 2.45) is 0 Å². The second kappa shape index (κ2) is 5.18. The van der Waals surface area contributed by atoms with E-state index in [4.69, 9.17) is 25.5 Å². The highest BCUT2D eigenvalue weighted by Crippen LogP contribution is 2.02. The summed E-state index contributed by atoms with van der Waals surface area (Å²) in [6.07, 6.45) is -6.84. The van der Waals surface area contributed by atoms with E-state index in [0.717, 1.165) is 0 Å². The van der Waals surface area contributed by atoms with Crippen LogP contribution in [0.3, 0.4) is 0 Å². The van der Waals surface area contributed by atoms with Crippen molar-refractivity contribution in [3.63, 3.8) is 0 Å². The zero-order valence-corrected chi connectivity index (χ0v) is 6.24. The van der Waals surface area contributed by atoms with Crippen LogP contribution in [0, 0.1) is 0 Å². The summed E-state index contributed by atoms with van der Waals surface area (Å²) in [7, 11) is 0. The van der Waals surface area contributed by atoms with E-state index in [1.165, 1.54) is 0 Å². The molecule has 0 aromatic heterocycles. The van der Waals surface area contributed by atoms with Crippen molar-refractivity contribution in [1.82, 2.24) is 0 Å². The minimum Gasteiger partial charge on any atom is -0.394 e. The minimum absolute atomic E-state index is 0.0258. The third-order valence-electron chi connectivity index (χ3n) is 1.42. The van der Waals surface area contributed by atoms with Crippen molar-refractivity contribution < 1.29 is 30.3 Å². The smallest absolute Gasteiger partial charge is 0.151 e. The topological polar surface area (TPSA) is 118 Å². The molecule has 0 heterocycles. The maximum Gasteiger partial charge on any atom is 0.151 e. The lowest BCUT2D eigenvalue weighted by Gasteiger charge is -2.22. The molecule has 0 radical (unpaired) electrons. The molecule has 0 amide bonds. The van der Waals surface area contributed by atoms with Gasteiger partial charge in [-0.1, -0.05) is 0 Å². The lowest BCUT2D eigenvalue weighted by atomic mass is 10.3. The summed E-state index contributed by atoms with van der Waals surface area (Å²) in [5.41, 5.74) is 0. The predicted molar refractivity (Wildman–Crippen MR) is 37.2 cm³/mol. The van der Waals surface area contributed by atoms with Crippen molar-refractivity contribution in [2.45, 2.75) is 24.4 Å². The first-order valence-corrected chi connectivity index (χ1v) is 3.33. The molecule has 0 aliphatic carbocycles. The van der Waals surface area contributed by atoms with E-state index in [1.807, 2.05) is 0 Å². The molecule has 4 atom stereocenters. The highest BCUT2D eigenvalue weighted by atomic mass is 16.5. The van der Waals surface area contributed by atoms with Gasteiger partial charge in [0.15, 0.2) is 6.29 Å². The Kier molecular flexibility index (Phi) is 4.95. The normalized spacial score (nSPS) is 21.1. The van der Waals surface area contributed by atoms with Gasteiger partial charge in [-0.15, -0.1) is 0 Å². The molecule has 72 valence electrons. The second-order valence-electron chi connectivity index (χ2n) is 2.36. The Balaban J connectivity index is 4.07. The van der Waals surface area contributed by atoms with Crippen molar-refractivity contribution in [2.75, 3.05) is 6.61 Å². The van der Waals surface area contributed by atoms with E-state index >= 15 is 0 Å². The van der Waals surface area contributed by atoms with Crippen molar-refractivity contribution in [3.8, 4) is 0 Å². The fraction of sp³-hybridized carbons (Fsp3) is 0.833. The van der Waals surface area contributed by atoms with Crippen LogP contribution < -0.4 is 0 Å². The Morgan fingerprint density at radius 1 is 1.08 bits per heavy atom. The van der Waals surface area contributed by atoms with Crippen LogP contribution >= 0.6 is 0 Å². The van der Waals surface area contributed by atoms with E-state index in [9.17, 15) is 4.79 Å². The Labute approximate surface area is 68.7 Å². The molecule has 12 heavy (non-hydrogen) atoms. The highest BCUT2D eigenvalue weighted by Gasteiger charge is 2.29. The molecule has 0 aromatic rings. The summed E-state index contributed by atoms with van der Waals surface area (Å²) >= 11 is 0. The molecular formula is C6H12O6. The molecule has 0 rings (SSSR count). The molecule has 0 spiro atoms. The molecule has 6 heteroatoms. The van der Waals surface area contributed by atoms with E-state index in [1.54, 1.807) is 0 Å². The molecule has 0 aliphatic heterocycles. The first-order valence-electron chi connectivity index (χ1n) is 3.33. The summed E-state index contributed by atoms with van der Waals surface area (Å²) in [6, 6.07) is 0. The molecule has 0 fully saturated rings. The van der Waals surface area contributed by atoms with Crippen LogP contribution in [0.5, 0.6) is 0 Å². The van der Waals surface area contributed by atoms with Crippen LogP contribution in [0.2, 0.25) is 0 Å². The van der Waals surface area contributed by atoms with Crippen LogP contribution in [-0.4, -0.2) is 62.8 Å². The molecule has 0 aromatic carbocycles. The summed E-state index contributed by atoms with van der Waals surface area (Å²) in [5.74, 6) is 0. The number of hydrogen-bond acceptors (Lipinski definition) is 6. The molecule has 0 bridgehead atoms. The largest absolute Gasteiger partial charge is 0.394 e. The van der Waals surface area contributed by atoms with Crippen LogP contribution in [0.25, 0.3) is 0 Å². The Bertz CT molecular complexity index is 138. The lowest BCUT2D eigenvalue weighted by Crippen LogP contribution is -2.46. The quantitative estimate of drug-likeness (QED) is 0.223. The predicted octanol–water partition coefficient (Wildman–Crippen LogP) is -3.38. The zero-order chi connectivity index (χ0) is 9.72. The van der Waals surface area contributed by atoms with Crippen LogP contribution in [0.1, 0.15) is 0 Å². The fourth-order valence-electron chi connectivity index (χ4n) is 0.618. The first kappa shape index (κ1) is 11.5. The van der Waals surface area contributed by atoms with Crippen molar-refractivity contribution >= 4 is 6.29 Å². The van der Waals surface area contributed by atoms with Crippen LogP contribution in [0.4, 0.5) is 0 Å². The van der Waals surface area contributed by atoms with Gasteiger partial charge in [0.2, 0.25) is 0 Å². The average Bonchev–Trinajstić information content (AvgIpc) is 2.12. The van der Waals surface area contributed by atoms with Crippen LogP contribution in [0.15, 0.2) is 0 Å². The molecule has 0 saturated carbocycles. The summed E-state index contributed by atoms with van der Waals surface area (Å²) < 4.78 is 0. The zero-order valence-electron chi connectivity index (χ0n) is 6.24. The highest BCUT2D eigenvalue weighted by molar-refractivity contribution is 5.56. The monoisotopic (exact) mass is 182 g/mol. The van der Waals surface area contributed by atoms with Gasteiger partial charge >= 0.3 is 0 Å². The first-order chi connectivity index (χ1) is 5.54. The number of carbonyl (C=O) groups is 1. The maximum atomic E-state index is 9.90. The van der Waals surface area contributed by atoms with E-state index < -0.39 is 31.0 Å². The molecular weight excluding hydrogens is 170 g/mol. The molecule has 5 N–H and O–H groups in total. The van der Waals surface area contributed by atoms with Gasteiger partial charge in [0, 0.05) is 0 Å². The lowest BCUT2D eigenvalue weighted by molar-refractivity contribution is -0.136. The van der Waals surface area contributed by atoms with Gasteiger partial charge < -0.3 is 30.3 Å². The summed E-state index contributed by atoms with van der Waals surface area (Å²) in [6.45, 7) is -0.760. The van der Waals surface area contributed by atoms with Crippen molar-refractivity contribution in [3.05, 3.63) is 0 Å². The number of aliphatic hydroxyl groups is 5. The second-order valence-corrected chi connectivity index (χ2v) is 2.36. The maximum absolute atomic E-state index is 9.90. The average molecular weight is 182 g/mol. The summed E-state index contributed by atoms with van der Waals surface area (Å²) in [4.78, 5) is 9.90. The van der Waals surface area contributed by atoms with E-state index in [0.29, 0.717) is 0 Å². The molecule has 0 unspecified atom stereocenters. The van der Waals surface area contributed by atoms with Gasteiger partial charge in [-0.05, 0) is 0 Å². The summed E-state index contributed by atoms with van der Waals surface area (Å²) in [5, 5.41) is 43.5. The Morgan fingerprint density at radius 2 is 1.58 bits per heavy atom. The number of rotatable bonds is 5. The van der Waals surface area contributed by atoms with Crippen LogP contribution in [-0.2, 0) is 4.79 Å². The van der Waals surface area contributed by atoms with Gasteiger partial charge in [-0.2, -0.15) is 0 Å². The number of hydrogen-bond donors (Lipinski definition) is 5. The van der Waals surface area contributed by atoms with Gasteiger partial charge in [0.05, 0.1) is 6.61 Å². The van der Waals surface area contributed by atoms with Gasteiger partial charge in [-0.3, -0.25) is 0 Å². The minimum atomic E-state index is -1.79. The molecule has 0 aliphatic rings. The third-order valence-corrected chi connectivity index (χ3v) is 1.42. The number of aliphatic hydroxyl groups excluding tert-OH is 5. The van der Waals surface area contributed by atoms with Gasteiger partial charge in [-0.25, -0.2) is 0 Å². The third kappa shape index (κ3) is 2.84. The number of carbonyl (C=O) groups excluding carboxylic acids is 1.